The third kappa shape index (κ3) is 1.82. The lowest BCUT2D eigenvalue weighted by Crippen LogP contribution is -2.29. The van der Waals surface area contributed by atoms with Crippen LogP contribution in [-0.2, 0) is 10.0 Å². The Morgan fingerprint density at radius 2 is 1.56 bits per heavy atom. The summed E-state index contributed by atoms with van der Waals surface area (Å²) in [5.74, 6) is -2.07. The fourth-order valence-electron chi connectivity index (χ4n) is 1.79. The van der Waals surface area contributed by atoms with Gasteiger partial charge in [-0.25, -0.2) is 17.2 Å². The molecular weight excluding hydrogens is 236 g/mol. The Kier molecular flexibility index (Phi) is 2.94. The minimum atomic E-state index is -4.02. The molecule has 1 fully saturated rings. The van der Waals surface area contributed by atoms with Crippen molar-refractivity contribution in [3.63, 3.8) is 0 Å². The van der Waals surface area contributed by atoms with Gasteiger partial charge in [-0.2, -0.15) is 4.31 Å². The van der Waals surface area contributed by atoms with Gasteiger partial charge < -0.3 is 0 Å². The molecule has 3 nitrogen and oxygen atoms in total. The van der Waals surface area contributed by atoms with Gasteiger partial charge in [0.1, 0.15) is 11.6 Å². The van der Waals surface area contributed by atoms with Crippen molar-refractivity contribution in [2.45, 2.75) is 17.7 Å². The Balaban J connectivity index is 2.50. The first-order valence-electron chi connectivity index (χ1n) is 4.97. The Bertz CT molecular complexity index is 475. The third-order valence-electron chi connectivity index (χ3n) is 2.58. The predicted molar refractivity (Wildman–Crippen MR) is 54.4 cm³/mol. The van der Waals surface area contributed by atoms with Gasteiger partial charge in [-0.3, -0.25) is 0 Å². The van der Waals surface area contributed by atoms with E-state index in [1.54, 1.807) is 0 Å². The number of rotatable bonds is 2. The number of sulfonamides is 1. The second kappa shape index (κ2) is 4.10. The molecule has 0 unspecified atom stereocenters. The van der Waals surface area contributed by atoms with Crippen LogP contribution in [0, 0.1) is 11.6 Å². The summed E-state index contributed by atoms with van der Waals surface area (Å²) in [5, 5.41) is 0. The maximum atomic E-state index is 13.4. The van der Waals surface area contributed by atoms with Crippen molar-refractivity contribution in [3.05, 3.63) is 29.8 Å². The largest absolute Gasteiger partial charge is 0.248 e. The molecular formula is C10H11F2NO2S. The van der Waals surface area contributed by atoms with E-state index >= 15 is 0 Å². The second-order valence-electron chi connectivity index (χ2n) is 3.66. The fraction of sp³-hybridized carbons (Fsp3) is 0.400. The zero-order chi connectivity index (χ0) is 11.8. The number of nitrogens with zero attached hydrogens (tertiary/aromatic N) is 1. The maximum absolute atomic E-state index is 13.4. The minimum absolute atomic E-state index is 0.329. The van der Waals surface area contributed by atoms with Crippen molar-refractivity contribution in [2.24, 2.45) is 0 Å². The van der Waals surface area contributed by atoms with Gasteiger partial charge in [0.2, 0.25) is 10.0 Å². The fourth-order valence-corrected chi connectivity index (χ4v) is 3.41. The molecule has 0 bridgehead atoms. The smallest absolute Gasteiger partial charge is 0.207 e. The van der Waals surface area contributed by atoms with Gasteiger partial charge in [-0.15, -0.1) is 0 Å². The molecule has 1 heterocycles. The standard InChI is InChI=1S/C10H11F2NO2S/c11-8-4-3-5-9(12)10(8)16(14,15)13-6-1-2-7-13/h3-5H,1-2,6-7H2. The number of halogens is 2. The van der Waals surface area contributed by atoms with E-state index in [1.165, 1.54) is 0 Å². The van der Waals surface area contributed by atoms with E-state index in [0.717, 1.165) is 35.3 Å². The van der Waals surface area contributed by atoms with Crippen LogP contribution in [0.4, 0.5) is 8.78 Å². The average Bonchev–Trinajstić information content (AvgIpc) is 2.69. The van der Waals surface area contributed by atoms with Crippen LogP contribution in [0.2, 0.25) is 0 Å². The van der Waals surface area contributed by atoms with Crippen LogP contribution in [0.15, 0.2) is 23.1 Å². The Morgan fingerprint density at radius 3 is 2.06 bits per heavy atom. The first kappa shape index (κ1) is 11.5. The van der Waals surface area contributed by atoms with Gasteiger partial charge in [-0.05, 0) is 25.0 Å². The molecule has 1 aromatic rings. The molecule has 1 saturated heterocycles. The highest BCUT2D eigenvalue weighted by molar-refractivity contribution is 7.89. The number of benzene rings is 1. The first-order valence-corrected chi connectivity index (χ1v) is 6.41. The van der Waals surface area contributed by atoms with Gasteiger partial charge >= 0.3 is 0 Å². The van der Waals surface area contributed by atoms with Crippen LogP contribution in [0.5, 0.6) is 0 Å². The van der Waals surface area contributed by atoms with Crippen molar-refractivity contribution < 1.29 is 17.2 Å². The van der Waals surface area contributed by atoms with Gasteiger partial charge in [0.15, 0.2) is 4.90 Å². The molecule has 0 atom stereocenters. The molecule has 0 aliphatic carbocycles. The van der Waals surface area contributed by atoms with Gasteiger partial charge in [-0.1, -0.05) is 6.07 Å². The second-order valence-corrected chi connectivity index (χ2v) is 5.54. The Morgan fingerprint density at radius 1 is 1.06 bits per heavy atom. The van der Waals surface area contributed by atoms with Crippen molar-refractivity contribution in [1.82, 2.24) is 4.31 Å². The summed E-state index contributed by atoms with van der Waals surface area (Å²) in [5.41, 5.74) is 0. The van der Waals surface area contributed by atoms with E-state index < -0.39 is 26.6 Å². The molecule has 1 aliphatic heterocycles. The molecule has 0 spiro atoms. The lowest BCUT2D eigenvalue weighted by Gasteiger charge is -2.16. The van der Waals surface area contributed by atoms with Crippen molar-refractivity contribution in [2.75, 3.05) is 13.1 Å². The Hall–Kier alpha value is -1.01. The quantitative estimate of drug-likeness (QED) is 0.798. The topological polar surface area (TPSA) is 37.4 Å². The molecule has 0 radical (unpaired) electrons. The van der Waals surface area contributed by atoms with Gasteiger partial charge in [0.25, 0.3) is 0 Å². The van der Waals surface area contributed by atoms with E-state index in [4.69, 9.17) is 0 Å². The van der Waals surface area contributed by atoms with Crippen LogP contribution in [0.25, 0.3) is 0 Å². The lowest BCUT2D eigenvalue weighted by atomic mass is 10.3. The van der Waals surface area contributed by atoms with Crippen LogP contribution in [0.1, 0.15) is 12.8 Å². The average molecular weight is 247 g/mol. The molecule has 2 rings (SSSR count). The summed E-state index contributed by atoms with van der Waals surface area (Å²) >= 11 is 0. The minimum Gasteiger partial charge on any atom is -0.207 e. The molecule has 88 valence electrons. The van der Waals surface area contributed by atoms with Crippen LogP contribution < -0.4 is 0 Å². The molecule has 0 amide bonds. The highest BCUT2D eigenvalue weighted by Crippen LogP contribution is 2.25. The zero-order valence-corrected chi connectivity index (χ0v) is 9.30. The van der Waals surface area contributed by atoms with E-state index in [0.29, 0.717) is 13.1 Å². The summed E-state index contributed by atoms with van der Waals surface area (Å²) < 4.78 is 51.7. The van der Waals surface area contributed by atoms with Gasteiger partial charge in [0, 0.05) is 13.1 Å². The van der Waals surface area contributed by atoms with Crippen LogP contribution in [0.3, 0.4) is 0 Å². The van der Waals surface area contributed by atoms with E-state index in [2.05, 4.69) is 0 Å². The van der Waals surface area contributed by atoms with E-state index in [9.17, 15) is 17.2 Å². The first-order chi connectivity index (χ1) is 7.53. The summed E-state index contributed by atoms with van der Waals surface area (Å²) in [6.45, 7) is 0.659. The lowest BCUT2D eigenvalue weighted by molar-refractivity contribution is 0.456. The monoisotopic (exact) mass is 247 g/mol. The summed E-state index contributed by atoms with van der Waals surface area (Å²) in [6.07, 6.45) is 1.46. The van der Waals surface area contributed by atoms with Crippen molar-refractivity contribution in [1.29, 1.82) is 0 Å². The third-order valence-corrected chi connectivity index (χ3v) is 4.53. The van der Waals surface area contributed by atoms with Crippen molar-refractivity contribution >= 4 is 10.0 Å². The highest BCUT2D eigenvalue weighted by Gasteiger charge is 2.32. The molecule has 0 saturated carbocycles. The Labute approximate surface area is 92.7 Å². The van der Waals surface area contributed by atoms with Crippen LogP contribution in [-0.4, -0.2) is 25.8 Å². The SMILES string of the molecule is O=S(=O)(c1c(F)cccc1F)N1CCCC1. The predicted octanol–water partition coefficient (Wildman–Crippen LogP) is 1.75. The molecule has 0 aromatic heterocycles. The maximum Gasteiger partial charge on any atom is 0.248 e. The molecule has 1 aromatic carbocycles. The molecule has 6 heteroatoms. The summed E-state index contributed by atoms with van der Waals surface area (Å²) in [4.78, 5) is -0.836. The normalized spacial score (nSPS) is 17.9. The summed E-state index contributed by atoms with van der Waals surface area (Å²) in [6, 6.07) is 3.05. The summed E-state index contributed by atoms with van der Waals surface area (Å²) in [7, 11) is -4.02. The number of hydrogen-bond donors (Lipinski definition) is 0. The zero-order valence-electron chi connectivity index (χ0n) is 8.49. The molecule has 16 heavy (non-hydrogen) atoms. The highest BCUT2D eigenvalue weighted by atomic mass is 32.2. The van der Waals surface area contributed by atoms with Crippen LogP contribution >= 0.6 is 0 Å². The molecule has 1 aliphatic rings. The number of hydrogen-bond acceptors (Lipinski definition) is 2. The molecule has 0 N–H and O–H groups in total. The van der Waals surface area contributed by atoms with Gasteiger partial charge in [0.05, 0.1) is 0 Å². The van der Waals surface area contributed by atoms with E-state index in [-0.39, 0.29) is 0 Å². The van der Waals surface area contributed by atoms with E-state index in [1.807, 2.05) is 0 Å². The van der Waals surface area contributed by atoms with Crippen molar-refractivity contribution in [3.8, 4) is 0 Å².